The monoisotopic (exact) mass is 575 g/mol. The number of carbonyl (C=O) groups excluding carboxylic acids is 2. The molecule has 0 aromatic heterocycles. The van der Waals surface area contributed by atoms with E-state index in [0.29, 0.717) is 48.9 Å². The van der Waals surface area contributed by atoms with E-state index in [1.54, 1.807) is 17.9 Å². The van der Waals surface area contributed by atoms with Gasteiger partial charge in [-0.1, -0.05) is 37.3 Å². The first-order valence-electron chi connectivity index (χ1n) is 12.7. The molecule has 2 aliphatic heterocycles. The van der Waals surface area contributed by atoms with Crippen molar-refractivity contribution < 1.29 is 18.0 Å². The van der Waals surface area contributed by atoms with E-state index in [1.165, 1.54) is 9.87 Å². The predicted octanol–water partition coefficient (Wildman–Crippen LogP) is 4.29. The molecule has 1 fully saturated rings. The molecule has 2 heterocycles. The first-order chi connectivity index (χ1) is 17.2. The van der Waals surface area contributed by atoms with Crippen LogP contribution in [0.5, 0.6) is 0 Å². The van der Waals surface area contributed by atoms with Crippen LogP contribution in [0.2, 0.25) is 0 Å². The highest BCUT2D eigenvalue weighted by molar-refractivity contribution is 9.10. The first kappa shape index (κ1) is 26.8. The number of carbonyl (C=O) groups is 2. The number of sulfonamides is 1. The van der Waals surface area contributed by atoms with Crippen molar-refractivity contribution in [1.29, 1.82) is 0 Å². The second-order valence-electron chi connectivity index (χ2n) is 9.70. The Hall–Kier alpha value is -2.23. The third-order valence-corrected chi connectivity index (χ3v) is 9.93. The lowest BCUT2D eigenvalue weighted by Crippen LogP contribution is -2.47. The summed E-state index contributed by atoms with van der Waals surface area (Å²) in [5, 5.41) is 3.09. The maximum absolute atomic E-state index is 13.7. The third kappa shape index (κ3) is 5.84. The van der Waals surface area contributed by atoms with Crippen LogP contribution in [-0.4, -0.2) is 50.2 Å². The van der Waals surface area contributed by atoms with Crippen molar-refractivity contribution in [2.24, 2.45) is 5.92 Å². The number of benzene rings is 2. The zero-order valence-corrected chi connectivity index (χ0v) is 23.3. The molecule has 0 aliphatic carbocycles. The number of piperidine rings is 1. The van der Waals surface area contributed by atoms with E-state index in [-0.39, 0.29) is 35.2 Å². The number of hydrogen-bond donors (Lipinski definition) is 1. The van der Waals surface area contributed by atoms with Crippen LogP contribution >= 0.6 is 15.9 Å². The maximum atomic E-state index is 13.7. The topological polar surface area (TPSA) is 86.8 Å². The lowest BCUT2D eigenvalue weighted by Gasteiger charge is -2.32. The summed E-state index contributed by atoms with van der Waals surface area (Å²) in [5.74, 6) is -0.502. The molecular weight excluding hydrogens is 542 g/mol. The first-order valence-corrected chi connectivity index (χ1v) is 14.9. The molecule has 2 aliphatic rings. The van der Waals surface area contributed by atoms with Gasteiger partial charge in [0.15, 0.2) is 0 Å². The fourth-order valence-corrected chi connectivity index (χ4v) is 7.60. The Bertz CT molecular complexity index is 1220. The lowest BCUT2D eigenvalue weighted by atomic mass is 9.98. The Labute approximate surface area is 222 Å². The molecule has 9 heteroatoms. The molecule has 0 bridgehead atoms. The van der Waals surface area contributed by atoms with E-state index >= 15 is 0 Å². The van der Waals surface area contributed by atoms with Gasteiger partial charge in [-0.25, -0.2) is 8.42 Å². The van der Waals surface area contributed by atoms with Crippen molar-refractivity contribution in [3.63, 3.8) is 0 Å². The molecule has 1 saturated heterocycles. The van der Waals surface area contributed by atoms with Gasteiger partial charge >= 0.3 is 0 Å². The second-order valence-corrected chi connectivity index (χ2v) is 12.5. The minimum Gasteiger partial charge on any atom is -0.353 e. The standard InChI is InChI=1S/C27H34BrN3O4S/c1-3-26(32)31-15-13-21-16-23(28)25(17-24(21)31)36(34,35)30-14-7-10-22(18-30)27(33)29-19(2)11-12-20-8-5-4-6-9-20/h4-6,8-9,16-17,19,22H,3,7,10-15,18H2,1-2H3,(H,29,33). The average molecular weight is 577 g/mol. The summed E-state index contributed by atoms with van der Waals surface area (Å²) >= 11 is 3.45. The largest absolute Gasteiger partial charge is 0.353 e. The number of rotatable bonds is 8. The van der Waals surface area contributed by atoms with Gasteiger partial charge in [-0.2, -0.15) is 4.31 Å². The minimum absolute atomic E-state index is 0.00219. The van der Waals surface area contributed by atoms with Crippen LogP contribution < -0.4 is 10.2 Å². The summed E-state index contributed by atoms with van der Waals surface area (Å²) < 4.78 is 29.2. The summed E-state index contributed by atoms with van der Waals surface area (Å²) in [6.45, 7) is 4.88. The number of anilines is 1. The number of aryl methyl sites for hydroxylation is 1. The molecule has 2 atom stereocenters. The summed E-state index contributed by atoms with van der Waals surface area (Å²) in [6.07, 6.45) is 4.04. The molecular formula is C27H34BrN3O4S. The van der Waals surface area contributed by atoms with Gasteiger partial charge in [-0.3, -0.25) is 9.59 Å². The fourth-order valence-electron chi connectivity index (χ4n) is 5.01. The van der Waals surface area contributed by atoms with E-state index < -0.39 is 10.0 Å². The van der Waals surface area contributed by atoms with Gasteiger partial charge in [-0.05, 0) is 78.2 Å². The number of hydrogen-bond acceptors (Lipinski definition) is 4. The zero-order chi connectivity index (χ0) is 25.9. The van der Waals surface area contributed by atoms with E-state index in [1.807, 2.05) is 31.2 Å². The van der Waals surface area contributed by atoms with Gasteiger partial charge in [0.1, 0.15) is 0 Å². The summed E-state index contributed by atoms with van der Waals surface area (Å²) in [6, 6.07) is 13.6. The van der Waals surface area contributed by atoms with Gasteiger partial charge < -0.3 is 10.2 Å². The summed E-state index contributed by atoms with van der Waals surface area (Å²) in [4.78, 5) is 27.2. The second kappa shape index (κ2) is 11.4. The van der Waals surface area contributed by atoms with Crippen LogP contribution in [0.15, 0.2) is 51.8 Å². The van der Waals surface area contributed by atoms with Gasteiger partial charge in [0.05, 0.1) is 10.8 Å². The Morgan fingerprint density at radius 3 is 2.64 bits per heavy atom. The van der Waals surface area contributed by atoms with E-state index in [9.17, 15) is 18.0 Å². The number of amides is 2. The Morgan fingerprint density at radius 1 is 1.17 bits per heavy atom. The van der Waals surface area contributed by atoms with Gasteiger partial charge in [0.2, 0.25) is 21.8 Å². The summed E-state index contributed by atoms with van der Waals surface area (Å²) in [7, 11) is -3.84. The third-order valence-electron chi connectivity index (χ3n) is 7.10. The molecule has 2 amide bonds. The van der Waals surface area contributed by atoms with Crippen LogP contribution in [0.4, 0.5) is 5.69 Å². The molecule has 2 aromatic carbocycles. The van der Waals surface area contributed by atoms with Crippen LogP contribution in [0.3, 0.4) is 0 Å². The highest BCUT2D eigenvalue weighted by Gasteiger charge is 2.36. The molecule has 2 unspecified atom stereocenters. The Balaban J connectivity index is 1.44. The zero-order valence-electron chi connectivity index (χ0n) is 20.9. The molecule has 2 aromatic rings. The molecule has 194 valence electrons. The molecule has 0 radical (unpaired) electrons. The molecule has 0 spiro atoms. The highest BCUT2D eigenvalue weighted by atomic mass is 79.9. The van der Waals surface area contributed by atoms with Gasteiger partial charge in [-0.15, -0.1) is 0 Å². The van der Waals surface area contributed by atoms with Crippen LogP contribution in [0.25, 0.3) is 0 Å². The lowest BCUT2D eigenvalue weighted by molar-refractivity contribution is -0.126. The Kier molecular flexibility index (Phi) is 8.52. The van der Waals surface area contributed by atoms with Crippen molar-refractivity contribution in [3.05, 3.63) is 58.1 Å². The molecule has 4 rings (SSSR count). The fraction of sp³-hybridized carbons (Fsp3) is 0.481. The number of nitrogens with one attached hydrogen (secondary N) is 1. The van der Waals surface area contributed by atoms with E-state index in [0.717, 1.165) is 18.4 Å². The highest BCUT2D eigenvalue weighted by Crippen LogP contribution is 2.37. The van der Waals surface area contributed by atoms with Crippen molar-refractivity contribution in [2.75, 3.05) is 24.5 Å². The quantitative estimate of drug-likeness (QED) is 0.508. The maximum Gasteiger partial charge on any atom is 0.244 e. The Morgan fingerprint density at radius 2 is 1.92 bits per heavy atom. The average Bonchev–Trinajstić information content (AvgIpc) is 3.29. The minimum atomic E-state index is -3.84. The molecule has 7 nitrogen and oxygen atoms in total. The van der Waals surface area contributed by atoms with Crippen LogP contribution in [0, 0.1) is 5.92 Å². The molecule has 36 heavy (non-hydrogen) atoms. The SMILES string of the molecule is CCC(=O)N1CCc2cc(Br)c(S(=O)(=O)N3CCCC(C(=O)NC(C)CCc4ccccc4)C3)cc21. The van der Waals surface area contributed by atoms with E-state index in [4.69, 9.17) is 0 Å². The van der Waals surface area contributed by atoms with Gasteiger partial charge in [0.25, 0.3) is 0 Å². The van der Waals surface area contributed by atoms with Crippen molar-refractivity contribution in [3.8, 4) is 0 Å². The van der Waals surface area contributed by atoms with Crippen molar-refractivity contribution in [1.82, 2.24) is 9.62 Å². The normalized spacial score (nSPS) is 19.1. The summed E-state index contributed by atoms with van der Waals surface area (Å²) in [5.41, 5.74) is 2.86. The molecule has 0 saturated carbocycles. The van der Waals surface area contributed by atoms with Crippen molar-refractivity contribution in [2.45, 2.75) is 63.3 Å². The molecule has 1 N–H and O–H groups in total. The predicted molar refractivity (Wildman–Crippen MR) is 144 cm³/mol. The van der Waals surface area contributed by atoms with Crippen LogP contribution in [0.1, 0.15) is 50.7 Å². The van der Waals surface area contributed by atoms with Crippen molar-refractivity contribution >= 4 is 43.5 Å². The van der Waals surface area contributed by atoms with Gasteiger partial charge in [0, 0.05) is 42.3 Å². The number of nitrogens with zero attached hydrogens (tertiary/aromatic N) is 2. The smallest absolute Gasteiger partial charge is 0.244 e. The van der Waals surface area contributed by atoms with E-state index in [2.05, 4.69) is 33.4 Å². The van der Waals surface area contributed by atoms with Crippen LogP contribution in [-0.2, 0) is 32.5 Å². The number of fused-ring (bicyclic) bond motifs is 1. The number of halogens is 1.